The van der Waals surface area contributed by atoms with E-state index in [0.717, 1.165) is 19.5 Å². The molecule has 0 atom stereocenters. The molecule has 1 aliphatic heterocycles. The molecule has 0 spiro atoms. The SMILES string of the molecule is Cc1onc(-c2ccccc2Cl)c1C(=O)NCC1=CCNCC1.Cl. The van der Waals surface area contributed by atoms with Crippen LogP contribution in [0.5, 0.6) is 0 Å². The number of halogens is 2. The quantitative estimate of drug-likeness (QED) is 0.812. The molecule has 0 aliphatic carbocycles. The Morgan fingerprint density at radius 3 is 2.92 bits per heavy atom. The lowest BCUT2D eigenvalue weighted by Gasteiger charge is -2.14. The van der Waals surface area contributed by atoms with Crippen molar-refractivity contribution in [3.8, 4) is 11.3 Å². The second-order valence-corrected chi connectivity index (χ2v) is 5.85. The Labute approximate surface area is 151 Å². The third-order valence-electron chi connectivity index (χ3n) is 3.85. The minimum Gasteiger partial charge on any atom is -0.360 e. The van der Waals surface area contributed by atoms with Crippen LogP contribution < -0.4 is 10.6 Å². The highest BCUT2D eigenvalue weighted by Crippen LogP contribution is 2.30. The first-order valence-corrected chi connectivity index (χ1v) is 7.92. The Morgan fingerprint density at radius 1 is 1.42 bits per heavy atom. The van der Waals surface area contributed by atoms with Gasteiger partial charge < -0.3 is 15.2 Å². The maximum atomic E-state index is 12.6. The van der Waals surface area contributed by atoms with Crippen LogP contribution in [-0.4, -0.2) is 30.7 Å². The monoisotopic (exact) mass is 367 g/mol. The molecule has 0 saturated heterocycles. The molecule has 1 aromatic heterocycles. The van der Waals surface area contributed by atoms with Gasteiger partial charge >= 0.3 is 0 Å². The molecule has 24 heavy (non-hydrogen) atoms. The first-order valence-electron chi connectivity index (χ1n) is 7.55. The third-order valence-corrected chi connectivity index (χ3v) is 4.18. The van der Waals surface area contributed by atoms with Crippen LogP contribution in [0.1, 0.15) is 22.5 Å². The normalized spacial score (nSPS) is 13.8. The van der Waals surface area contributed by atoms with Crippen LogP contribution in [0.4, 0.5) is 0 Å². The standard InChI is InChI=1S/C17H18ClN3O2.ClH/c1-11-15(17(22)20-10-12-6-8-19-9-7-12)16(21-23-11)13-4-2-3-5-14(13)18;/h2-6,19H,7-10H2,1H3,(H,20,22);1H. The Morgan fingerprint density at radius 2 is 2.21 bits per heavy atom. The topological polar surface area (TPSA) is 67.2 Å². The van der Waals surface area contributed by atoms with E-state index >= 15 is 0 Å². The second-order valence-electron chi connectivity index (χ2n) is 5.44. The first kappa shape index (κ1) is 18.5. The Balaban J connectivity index is 0.00000208. The molecule has 3 rings (SSSR count). The summed E-state index contributed by atoms with van der Waals surface area (Å²) in [6, 6.07) is 7.28. The second kappa shape index (κ2) is 8.33. The largest absolute Gasteiger partial charge is 0.360 e. The zero-order valence-corrected chi connectivity index (χ0v) is 14.8. The fraction of sp³-hybridized carbons (Fsp3) is 0.294. The first-order chi connectivity index (χ1) is 11.2. The molecular weight excluding hydrogens is 349 g/mol. The molecule has 0 radical (unpaired) electrons. The van der Waals surface area contributed by atoms with E-state index in [2.05, 4.69) is 21.9 Å². The highest BCUT2D eigenvalue weighted by Gasteiger charge is 2.23. The van der Waals surface area contributed by atoms with Crippen LogP contribution in [0.15, 0.2) is 40.4 Å². The van der Waals surface area contributed by atoms with Gasteiger partial charge in [0.05, 0.1) is 5.02 Å². The number of aryl methyl sites for hydroxylation is 1. The molecule has 2 N–H and O–H groups in total. The van der Waals surface area contributed by atoms with E-state index in [9.17, 15) is 4.79 Å². The minimum atomic E-state index is -0.196. The maximum absolute atomic E-state index is 12.6. The highest BCUT2D eigenvalue weighted by molar-refractivity contribution is 6.33. The van der Waals surface area contributed by atoms with E-state index in [1.54, 1.807) is 13.0 Å². The van der Waals surface area contributed by atoms with E-state index in [-0.39, 0.29) is 18.3 Å². The van der Waals surface area contributed by atoms with Crippen molar-refractivity contribution in [3.63, 3.8) is 0 Å². The van der Waals surface area contributed by atoms with Crippen molar-refractivity contribution in [2.24, 2.45) is 0 Å². The van der Waals surface area contributed by atoms with Gasteiger partial charge in [0.2, 0.25) is 0 Å². The average molecular weight is 368 g/mol. The van der Waals surface area contributed by atoms with Crippen LogP contribution in [0.25, 0.3) is 11.3 Å². The zero-order valence-electron chi connectivity index (χ0n) is 13.3. The molecule has 0 fully saturated rings. The van der Waals surface area contributed by atoms with Crippen molar-refractivity contribution < 1.29 is 9.32 Å². The molecule has 128 valence electrons. The van der Waals surface area contributed by atoms with Crippen molar-refractivity contribution in [3.05, 3.63) is 52.3 Å². The van der Waals surface area contributed by atoms with E-state index in [1.165, 1.54) is 5.57 Å². The number of benzene rings is 1. The van der Waals surface area contributed by atoms with Gasteiger partial charge in [-0.2, -0.15) is 0 Å². The van der Waals surface area contributed by atoms with Crippen LogP contribution in [-0.2, 0) is 0 Å². The number of rotatable bonds is 4. The molecule has 7 heteroatoms. The molecule has 1 aliphatic rings. The Bertz CT molecular complexity index is 756. The fourth-order valence-corrected chi connectivity index (χ4v) is 2.81. The molecule has 0 unspecified atom stereocenters. The number of nitrogens with one attached hydrogen (secondary N) is 2. The molecule has 0 bridgehead atoms. The lowest BCUT2D eigenvalue weighted by molar-refractivity contribution is 0.0955. The molecule has 0 saturated carbocycles. The van der Waals surface area contributed by atoms with Gasteiger partial charge in [0.25, 0.3) is 5.91 Å². The van der Waals surface area contributed by atoms with Crippen LogP contribution in [0.3, 0.4) is 0 Å². The zero-order chi connectivity index (χ0) is 16.2. The van der Waals surface area contributed by atoms with Crippen molar-refractivity contribution >= 4 is 29.9 Å². The minimum absolute atomic E-state index is 0. The molecule has 1 amide bonds. The number of carbonyl (C=O) groups excluding carboxylic acids is 1. The number of amides is 1. The number of hydrogen-bond donors (Lipinski definition) is 2. The molecule has 2 aromatic rings. The molecule has 2 heterocycles. The van der Waals surface area contributed by atoms with Gasteiger partial charge in [0.15, 0.2) is 0 Å². The number of aromatic nitrogens is 1. The van der Waals surface area contributed by atoms with Crippen LogP contribution in [0, 0.1) is 6.92 Å². The van der Waals surface area contributed by atoms with E-state index in [1.807, 2.05) is 18.2 Å². The van der Waals surface area contributed by atoms with Gasteiger partial charge in [0, 0.05) is 18.7 Å². The summed E-state index contributed by atoms with van der Waals surface area (Å²) in [6.07, 6.45) is 3.06. The highest BCUT2D eigenvalue weighted by atomic mass is 35.5. The number of hydrogen-bond acceptors (Lipinski definition) is 4. The lowest BCUT2D eigenvalue weighted by Crippen LogP contribution is -2.30. The summed E-state index contributed by atoms with van der Waals surface area (Å²) in [4.78, 5) is 12.6. The summed E-state index contributed by atoms with van der Waals surface area (Å²) in [6.45, 7) is 4.06. The van der Waals surface area contributed by atoms with E-state index < -0.39 is 0 Å². The summed E-state index contributed by atoms with van der Waals surface area (Å²) in [7, 11) is 0. The van der Waals surface area contributed by atoms with Crippen molar-refractivity contribution in [1.29, 1.82) is 0 Å². The smallest absolute Gasteiger partial charge is 0.257 e. The van der Waals surface area contributed by atoms with Crippen molar-refractivity contribution in [2.45, 2.75) is 13.3 Å². The van der Waals surface area contributed by atoms with Gasteiger partial charge in [0.1, 0.15) is 17.0 Å². The van der Waals surface area contributed by atoms with Gasteiger partial charge in [-0.15, -0.1) is 12.4 Å². The van der Waals surface area contributed by atoms with Gasteiger partial charge in [-0.3, -0.25) is 4.79 Å². The van der Waals surface area contributed by atoms with E-state index in [4.69, 9.17) is 16.1 Å². The van der Waals surface area contributed by atoms with Gasteiger partial charge in [-0.05, 0) is 26.0 Å². The Kier molecular flexibility index (Phi) is 6.43. The average Bonchev–Trinajstić information content (AvgIpc) is 2.95. The van der Waals surface area contributed by atoms with Crippen LogP contribution >= 0.6 is 24.0 Å². The summed E-state index contributed by atoms with van der Waals surface area (Å²) >= 11 is 6.21. The maximum Gasteiger partial charge on any atom is 0.257 e. The summed E-state index contributed by atoms with van der Waals surface area (Å²) < 4.78 is 5.22. The van der Waals surface area contributed by atoms with Crippen molar-refractivity contribution in [1.82, 2.24) is 15.8 Å². The summed E-state index contributed by atoms with van der Waals surface area (Å²) in [5.74, 6) is 0.287. The van der Waals surface area contributed by atoms with Gasteiger partial charge in [-0.1, -0.05) is 46.6 Å². The number of nitrogens with zero attached hydrogens (tertiary/aromatic N) is 1. The van der Waals surface area contributed by atoms with E-state index in [0.29, 0.717) is 34.1 Å². The summed E-state index contributed by atoms with van der Waals surface area (Å²) in [5, 5.41) is 10.7. The number of carbonyl (C=O) groups is 1. The lowest BCUT2D eigenvalue weighted by atomic mass is 10.0. The van der Waals surface area contributed by atoms with Crippen molar-refractivity contribution in [2.75, 3.05) is 19.6 Å². The molecule has 5 nitrogen and oxygen atoms in total. The van der Waals surface area contributed by atoms with Gasteiger partial charge in [-0.25, -0.2) is 0 Å². The molecule has 1 aromatic carbocycles. The predicted octanol–water partition coefficient (Wildman–Crippen LogP) is 3.37. The van der Waals surface area contributed by atoms with Crippen LogP contribution in [0.2, 0.25) is 5.02 Å². The Hall–Kier alpha value is -1.82. The summed E-state index contributed by atoms with van der Waals surface area (Å²) in [5.41, 5.74) is 2.83. The fourth-order valence-electron chi connectivity index (χ4n) is 2.59. The third kappa shape index (κ3) is 3.98. The predicted molar refractivity (Wildman–Crippen MR) is 96.8 cm³/mol. The molecular formula is C17H19Cl2N3O2.